The van der Waals surface area contributed by atoms with Gasteiger partial charge in [-0.25, -0.2) is 4.98 Å². The number of aromatic amines is 1. The normalized spacial score (nSPS) is 11.2. The summed E-state index contributed by atoms with van der Waals surface area (Å²) >= 11 is 0. The molecule has 2 aromatic heterocycles. The summed E-state index contributed by atoms with van der Waals surface area (Å²) in [4.78, 5) is 7.30. The van der Waals surface area contributed by atoms with E-state index in [9.17, 15) is 0 Å². The summed E-state index contributed by atoms with van der Waals surface area (Å²) in [5.41, 5.74) is 10.8. The zero-order chi connectivity index (χ0) is 11.8. The average Bonchev–Trinajstić information content (AvgIpc) is 2.93. The van der Waals surface area contributed by atoms with Gasteiger partial charge < -0.3 is 10.7 Å². The first-order valence-electron chi connectivity index (χ1n) is 5.44. The molecule has 0 atom stereocenters. The van der Waals surface area contributed by atoms with Crippen LogP contribution in [-0.4, -0.2) is 19.7 Å². The van der Waals surface area contributed by atoms with E-state index in [0.29, 0.717) is 6.54 Å². The van der Waals surface area contributed by atoms with Crippen molar-refractivity contribution in [3.8, 4) is 11.1 Å². The minimum Gasteiger partial charge on any atom is -0.345 e. The lowest BCUT2D eigenvalue weighted by atomic mass is 10.1. The third kappa shape index (κ3) is 1.60. The lowest BCUT2D eigenvalue weighted by Crippen LogP contribution is -1.99. The molecule has 0 fully saturated rings. The smallest absolute Gasteiger partial charge is 0.0931 e. The Labute approximate surface area is 98.3 Å². The Hall–Kier alpha value is -2.14. The van der Waals surface area contributed by atoms with Crippen LogP contribution in [0.15, 0.2) is 30.7 Å². The second-order valence-electron chi connectivity index (χ2n) is 4.00. The van der Waals surface area contributed by atoms with Gasteiger partial charge >= 0.3 is 0 Å². The predicted octanol–water partition coefficient (Wildman–Crippen LogP) is 1.42. The molecule has 86 valence electrons. The number of imidazole rings is 1. The lowest BCUT2D eigenvalue weighted by molar-refractivity contribution is 0.742. The third-order valence-corrected chi connectivity index (χ3v) is 2.83. The van der Waals surface area contributed by atoms with Gasteiger partial charge in [0.2, 0.25) is 0 Å². The van der Waals surface area contributed by atoms with Crippen molar-refractivity contribution in [2.24, 2.45) is 12.8 Å². The lowest BCUT2D eigenvalue weighted by Gasteiger charge is -2.00. The summed E-state index contributed by atoms with van der Waals surface area (Å²) in [6.45, 7) is 0.442. The van der Waals surface area contributed by atoms with Gasteiger partial charge in [0.25, 0.3) is 0 Å². The zero-order valence-corrected chi connectivity index (χ0v) is 9.51. The van der Waals surface area contributed by atoms with Gasteiger partial charge in [0, 0.05) is 25.4 Å². The van der Waals surface area contributed by atoms with Crippen molar-refractivity contribution in [2.75, 3.05) is 0 Å². The second kappa shape index (κ2) is 3.71. The number of aryl methyl sites for hydroxylation is 1. The number of nitrogens with zero attached hydrogens (tertiary/aromatic N) is 3. The molecule has 0 radical (unpaired) electrons. The topological polar surface area (TPSA) is 72.5 Å². The summed E-state index contributed by atoms with van der Waals surface area (Å²) in [7, 11) is 1.90. The number of rotatable bonds is 2. The molecular formula is C12H13N5. The van der Waals surface area contributed by atoms with Crippen LogP contribution < -0.4 is 5.73 Å². The molecule has 0 unspecified atom stereocenters. The first-order chi connectivity index (χ1) is 8.28. The van der Waals surface area contributed by atoms with Gasteiger partial charge in [-0.15, -0.1) is 0 Å². The predicted molar refractivity (Wildman–Crippen MR) is 66.2 cm³/mol. The van der Waals surface area contributed by atoms with Crippen LogP contribution in [0.4, 0.5) is 0 Å². The molecule has 2 heterocycles. The summed E-state index contributed by atoms with van der Waals surface area (Å²) in [5.74, 6) is 0. The van der Waals surface area contributed by atoms with E-state index in [2.05, 4.69) is 21.1 Å². The van der Waals surface area contributed by atoms with E-state index in [1.807, 2.05) is 25.4 Å². The first kappa shape index (κ1) is 10.0. The van der Waals surface area contributed by atoms with E-state index >= 15 is 0 Å². The maximum absolute atomic E-state index is 5.70. The van der Waals surface area contributed by atoms with Crippen molar-refractivity contribution < 1.29 is 0 Å². The zero-order valence-electron chi connectivity index (χ0n) is 9.51. The third-order valence-electron chi connectivity index (χ3n) is 2.83. The molecule has 5 heteroatoms. The molecule has 0 aliphatic heterocycles. The van der Waals surface area contributed by atoms with E-state index < -0.39 is 0 Å². The number of fused-ring (bicyclic) bond motifs is 1. The van der Waals surface area contributed by atoms with Crippen molar-refractivity contribution >= 4 is 11.0 Å². The van der Waals surface area contributed by atoms with Gasteiger partial charge in [0.1, 0.15) is 0 Å². The molecule has 5 nitrogen and oxygen atoms in total. The van der Waals surface area contributed by atoms with E-state index in [-0.39, 0.29) is 0 Å². The van der Waals surface area contributed by atoms with Crippen LogP contribution in [0.3, 0.4) is 0 Å². The van der Waals surface area contributed by atoms with Crippen molar-refractivity contribution in [2.45, 2.75) is 6.54 Å². The van der Waals surface area contributed by atoms with Gasteiger partial charge in [-0.05, 0) is 17.7 Å². The SMILES string of the molecule is Cn1cc(-c2ccc3nc[nH]c3c2)c(CN)n1. The molecule has 0 amide bonds. The van der Waals surface area contributed by atoms with Gasteiger partial charge in [-0.1, -0.05) is 6.07 Å². The van der Waals surface area contributed by atoms with E-state index in [0.717, 1.165) is 27.9 Å². The molecule has 0 aliphatic rings. The molecule has 0 spiro atoms. The van der Waals surface area contributed by atoms with Gasteiger partial charge in [0.15, 0.2) is 0 Å². The van der Waals surface area contributed by atoms with E-state index in [4.69, 9.17) is 5.73 Å². The molecule has 1 aromatic carbocycles. The number of hydrogen-bond acceptors (Lipinski definition) is 3. The van der Waals surface area contributed by atoms with Crippen molar-refractivity contribution in [3.63, 3.8) is 0 Å². The average molecular weight is 227 g/mol. The Balaban J connectivity index is 2.18. The van der Waals surface area contributed by atoms with Crippen LogP contribution in [0.1, 0.15) is 5.69 Å². The molecular weight excluding hydrogens is 214 g/mol. The minimum absolute atomic E-state index is 0.442. The number of benzene rings is 1. The maximum atomic E-state index is 5.70. The number of hydrogen-bond donors (Lipinski definition) is 2. The van der Waals surface area contributed by atoms with Gasteiger partial charge in [0.05, 0.1) is 23.1 Å². The highest BCUT2D eigenvalue weighted by Crippen LogP contribution is 2.25. The van der Waals surface area contributed by atoms with E-state index in [1.165, 1.54) is 0 Å². The molecule has 0 bridgehead atoms. The highest BCUT2D eigenvalue weighted by Gasteiger charge is 2.09. The van der Waals surface area contributed by atoms with Crippen LogP contribution in [0.25, 0.3) is 22.2 Å². The van der Waals surface area contributed by atoms with Crippen molar-refractivity contribution in [1.29, 1.82) is 0 Å². The Kier molecular flexibility index (Phi) is 2.19. The second-order valence-corrected chi connectivity index (χ2v) is 4.00. The van der Waals surface area contributed by atoms with Crippen molar-refractivity contribution in [1.82, 2.24) is 19.7 Å². The van der Waals surface area contributed by atoms with Crippen LogP contribution in [-0.2, 0) is 13.6 Å². The molecule has 0 aliphatic carbocycles. The Morgan fingerprint density at radius 2 is 2.29 bits per heavy atom. The fourth-order valence-electron chi connectivity index (χ4n) is 2.03. The summed E-state index contributed by atoms with van der Waals surface area (Å²) in [6.07, 6.45) is 3.68. The molecule has 3 rings (SSSR count). The van der Waals surface area contributed by atoms with Gasteiger partial charge in [-0.3, -0.25) is 4.68 Å². The Morgan fingerprint density at radius 3 is 3.12 bits per heavy atom. The van der Waals surface area contributed by atoms with Crippen molar-refractivity contribution in [3.05, 3.63) is 36.4 Å². The molecule has 3 aromatic rings. The molecule has 17 heavy (non-hydrogen) atoms. The van der Waals surface area contributed by atoms with Crippen LogP contribution in [0.2, 0.25) is 0 Å². The molecule has 0 saturated carbocycles. The number of nitrogens with two attached hydrogens (primary N) is 1. The highest BCUT2D eigenvalue weighted by molar-refractivity contribution is 5.81. The number of aromatic nitrogens is 4. The Morgan fingerprint density at radius 1 is 1.41 bits per heavy atom. The molecule has 0 saturated heterocycles. The summed E-state index contributed by atoms with van der Waals surface area (Å²) in [5, 5.41) is 4.34. The monoisotopic (exact) mass is 227 g/mol. The number of nitrogens with one attached hydrogen (secondary N) is 1. The van der Waals surface area contributed by atoms with Crippen LogP contribution in [0, 0.1) is 0 Å². The molecule has 3 N–H and O–H groups in total. The van der Waals surface area contributed by atoms with E-state index in [1.54, 1.807) is 11.0 Å². The quantitative estimate of drug-likeness (QED) is 0.695. The standard InChI is InChI=1S/C12H13N5/c1-17-6-9(12(5-13)16-17)8-2-3-10-11(4-8)15-7-14-10/h2-4,6-7H,5,13H2,1H3,(H,14,15). The van der Waals surface area contributed by atoms with Gasteiger partial charge in [-0.2, -0.15) is 5.10 Å². The van der Waals surface area contributed by atoms with Crippen LogP contribution in [0.5, 0.6) is 0 Å². The fraction of sp³-hybridized carbons (Fsp3) is 0.167. The summed E-state index contributed by atoms with van der Waals surface area (Å²) < 4.78 is 1.79. The first-order valence-corrected chi connectivity index (χ1v) is 5.44. The summed E-state index contributed by atoms with van der Waals surface area (Å²) in [6, 6.07) is 6.10. The fourth-order valence-corrected chi connectivity index (χ4v) is 2.03. The Bertz CT molecular complexity index is 664. The van der Waals surface area contributed by atoms with Crippen LogP contribution >= 0.6 is 0 Å². The minimum atomic E-state index is 0.442. The largest absolute Gasteiger partial charge is 0.345 e. The maximum Gasteiger partial charge on any atom is 0.0931 e. The highest BCUT2D eigenvalue weighted by atomic mass is 15.3. The number of H-pyrrole nitrogens is 1.